The van der Waals surface area contributed by atoms with E-state index >= 15 is 0 Å². The van der Waals surface area contributed by atoms with E-state index in [2.05, 4.69) is 85.6 Å². The van der Waals surface area contributed by atoms with E-state index in [1.165, 1.54) is 0 Å². The maximum Gasteiger partial charge on any atom is 0.487 e. The molecule has 0 spiro atoms. The number of aryl methyl sites for hydroxylation is 3. The highest BCUT2D eigenvalue weighted by atomic mass is 127. The molecule has 11 nitrogen and oxygen atoms in total. The molecule has 2 fully saturated rings. The Hall–Kier alpha value is -2.72. The van der Waals surface area contributed by atoms with Crippen LogP contribution in [0.1, 0.15) is 84.1 Å². The molecule has 13 heteroatoms. The van der Waals surface area contributed by atoms with Crippen molar-refractivity contribution in [3.05, 3.63) is 51.0 Å². The lowest BCUT2D eigenvalue weighted by atomic mass is 9.89. The second kappa shape index (κ2) is 13.7. The monoisotopic (exact) mass is 756 g/mol. The van der Waals surface area contributed by atoms with Gasteiger partial charge in [0.05, 0.1) is 62.3 Å². The van der Waals surface area contributed by atoms with Crippen LogP contribution in [-0.4, -0.2) is 67.0 Å². The Morgan fingerprint density at radius 1 is 1.11 bits per heavy atom. The number of ether oxygens (including phenoxy) is 3. The molecule has 47 heavy (non-hydrogen) atoms. The molecular formula is C34H46BIN6O5. The highest BCUT2D eigenvalue weighted by Crippen LogP contribution is 2.38. The molecule has 0 N–H and O–H groups in total. The van der Waals surface area contributed by atoms with Crippen molar-refractivity contribution >= 4 is 46.7 Å². The average molecular weight is 756 g/mol. The van der Waals surface area contributed by atoms with Crippen LogP contribution in [0, 0.1) is 3.57 Å². The Morgan fingerprint density at radius 3 is 2.55 bits per heavy atom. The third kappa shape index (κ3) is 6.92. The SMILES string of the molecule is CCc1nn(C)c(COC[C@H](C)Oc2c(-c3ccc4c(c3)c(/C=C/B3OC(C)(C)C(C)(C)O3)nn4C3CCCCO3)cnn2C)c1I. The van der Waals surface area contributed by atoms with Crippen LogP contribution in [0.5, 0.6) is 5.88 Å². The molecular weight excluding hydrogens is 710 g/mol. The van der Waals surface area contributed by atoms with Crippen LogP contribution < -0.4 is 4.74 Å². The van der Waals surface area contributed by atoms with Crippen LogP contribution in [0.25, 0.3) is 28.1 Å². The molecule has 2 aliphatic rings. The Kier molecular flexibility index (Phi) is 9.92. The quantitative estimate of drug-likeness (QED) is 0.124. The van der Waals surface area contributed by atoms with Crippen molar-refractivity contribution in [2.45, 2.75) is 97.4 Å². The number of rotatable bonds is 11. The zero-order valence-electron chi connectivity index (χ0n) is 28.7. The second-order valence-corrected chi connectivity index (χ2v) is 14.6. The fraction of sp³-hybridized carbons (Fsp3) is 0.559. The summed E-state index contributed by atoms with van der Waals surface area (Å²) in [6.45, 7) is 14.0. The zero-order valence-corrected chi connectivity index (χ0v) is 30.9. The number of fused-ring (bicyclic) bond motifs is 1. The standard InChI is InChI=1S/C34H46BIN6O5/c1-9-26-31(36)29(40(7)38-26)21-43-20-22(2)45-32-25(19-37-41(32)8)23-13-14-28-24(18-23)27(39-42(28)30-12-10-11-17-44-30)15-16-35-46-33(3,4)34(5,6)47-35/h13-16,18-19,22,30H,9-12,17,20-21H2,1-8H3/b16-15+/t22-,30?/m0/s1. The Morgan fingerprint density at radius 2 is 1.87 bits per heavy atom. The predicted octanol–water partition coefficient (Wildman–Crippen LogP) is 6.67. The van der Waals surface area contributed by atoms with Gasteiger partial charge in [0.2, 0.25) is 5.88 Å². The lowest BCUT2D eigenvalue weighted by Crippen LogP contribution is -2.41. The van der Waals surface area contributed by atoms with Gasteiger partial charge in [-0.3, -0.25) is 4.68 Å². The topological polar surface area (TPSA) is 99.6 Å². The lowest BCUT2D eigenvalue weighted by molar-refractivity contribution is -0.0367. The fourth-order valence-electron chi connectivity index (χ4n) is 6.02. The zero-order chi connectivity index (χ0) is 33.5. The number of nitrogens with zero attached hydrogens (tertiary/aromatic N) is 6. The largest absolute Gasteiger partial charge is 0.487 e. The Balaban J connectivity index is 1.25. The summed E-state index contributed by atoms with van der Waals surface area (Å²) in [6, 6.07) is 6.38. The molecule has 0 radical (unpaired) electrons. The maximum absolute atomic E-state index is 6.46. The minimum Gasteiger partial charge on any atom is -0.472 e. The third-order valence-electron chi connectivity index (χ3n) is 9.45. The van der Waals surface area contributed by atoms with Gasteiger partial charge in [-0.1, -0.05) is 19.0 Å². The van der Waals surface area contributed by atoms with E-state index in [9.17, 15) is 0 Å². The molecule has 0 aliphatic carbocycles. The Labute approximate surface area is 291 Å². The fourth-order valence-corrected chi connectivity index (χ4v) is 7.01. The third-order valence-corrected chi connectivity index (χ3v) is 10.7. The van der Waals surface area contributed by atoms with Crippen molar-refractivity contribution in [2.75, 3.05) is 13.2 Å². The summed E-state index contributed by atoms with van der Waals surface area (Å²) < 4.78 is 38.0. The van der Waals surface area contributed by atoms with Gasteiger partial charge in [-0.15, -0.1) is 0 Å². The molecule has 252 valence electrons. The first-order valence-electron chi connectivity index (χ1n) is 16.5. The lowest BCUT2D eigenvalue weighted by Gasteiger charge is -2.32. The summed E-state index contributed by atoms with van der Waals surface area (Å²) in [5.74, 6) is 2.63. The van der Waals surface area contributed by atoms with Crippen LogP contribution in [0.15, 0.2) is 30.4 Å². The maximum atomic E-state index is 6.46. The molecule has 6 rings (SSSR count). The van der Waals surface area contributed by atoms with E-state index in [0.29, 0.717) is 19.1 Å². The van der Waals surface area contributed by atoms with E-state index in [1.54, 1.807) is 4.68 Å². The molecule has 0 bridgehead atoms. The molecule has 0 saturated carbocycles. The average Bonchev–Trinajstić information content (AvgIpc) is 3.73. The summed E-state index contributed by atoms with van der Waals surface area (Å²) in [7, 11) is 3.39. The van der Waals surface area contributed by atoms with Gasteiger partial charge in [0.1, 0.15) is 6.10 Å². The van der Waals surface area contributed by atoms with Crippen LogP contribution in [0.4, 0.5) is 0 Å². The summed E-state index contributed by atoms with van der Waals surface area (Å²) in [5, 5.41) is 15.2. The van der Waals surface area contributed by atoms with Gasteiger partial charge in [0, 0.05) is 26.1 Å². The highest BCUT2D eigenvalue weighted by molar-refractivity contribution is 14.1. The van der Waals surface area contributed by atoms with Gasteiger partial charge < -0.3 is 23.5 Å². The van der Waals surface area contributed by atoms with Gasteiger partial charge in [-0.05, 0) is 107 Å². The first-order chi connectivity index (χ1) is 22.4. The van der Waals surface area contributed by atoms with Crippen LogP contribution in [0.3, 0.4) is 0 Å². The first-order valence-corrected chi connectivity index (χ1v) is 17.6. The van der Waals surface area contributed by atoms with Crippen molar-refractivity contribution in [1.29, 1.82) is 0 Å². The van der Waals surface area contributed by atoms with E-state index in [4.69, 9.17) is 28.6 Å². The summed E-state index contributed by atoms with van der Waals surface area (Å²) in [5.41, 5.74) is 5.07. The van der Waals surface area contributed by atoms with E-state index < -0.39 is 18.3 Å². The van der Waals surface area contributed by atoms with Crippen LogP contribution in [-0.2, 0) is 45.9 Å². The number of hydrogen-bond donors (Lipinski definition) is 0. The molecule has 2 atom stereocenters. The molecule has 2 saturated heterocycles. The van der Waals surface area contributed by atoms with Gasteiger partial charge in [-0.2, -0.15) is 15.3 Å². The van der Waals surface area contributed by atoms with E-state index in [0.717, 1.165) is 75.0 Å². The van der Waals surface area contributed by atoms with Gasteiger partial charge in [0.25, 0.3) is 0 Å². The molecule has 1 unspecified atom stereocenters. The van der Waals surface area contributed by atoms with Crippen molar-refractivity contribution in [3.8, 4) is 17.0 Å². The number of aromatic nitrogens is 6. The molecule has 2 aliphatic heterocycles. The minimum absolute atomic E-state index is 0.0996. The van der Waals surface area contributed by atoms with Crippen molar-refractivity contribution in [2.24, 2.45) is 14.1 Å². The summed E-state index contributed by atoms with van der Waals surface area (Å²) in [4.78, 5) is 0. The first kappa shape index (κ1) is 34.2. The predicted molar refractivity (Wildman–Crippen MR) is 191 cm³/mol. The smallest absolute Gasteiger partial charge is 0.472 e. The second-order valence-electron chi connectivity index (χ2n) is 13.5. The van der Waals surface area contributed by atoms with Crippen molar-refractivity contribution < 1.29 is 23.5 Å². The number of benzene rings is 1. The molecule has 4 aromatic rings. The van der Waals surface area contributed by atoms with Gasteiger partial charge in [-0.25, -0.2) is 9.36 Å². The summed E-state index contributed by atoms with van der Waals surface area (Å²) in [6.07, 6.45) is 7.56. The number of halogens is 1. The molecule has 1 aromatic carbocycles. The minimum atomic E-state index is -0.466. The molecule has 0 amide bonds. The van der Waals surface area contributed by atoms with Crippen molar-refractivity contribution in [3.63, 3.8) is 0 Å². The van der Waals surface area contributed by atoms with Gasteiger partial charge in [0.15, 0.2) is 6.23 Å². The number of hydrogen-bond acceptors (Lipinski definition) is 8. The summed E-state index contributed by atoms with van der Waals surface area (Å²) >= 11 is 2.36. The van der Waals surface area contributed by atoms with Crippen molar-refractivity contribution in [1.82, 2.24) is 29.3 Å². The molecule has 3 aromatic heterocycles. The van der Waals surface area contributed by atoms with E-state index in [-0.39, 0.29) is 12.3 Å². The normalized spacial score (nSPS) is 20.1. The van der Waals surface area contributed by atoms with Gasteiger partial charge >= 0.3 is 7.12 Å². The highest BCUT2D eigenvalue weighted by Gasteiger charge is 2.50. The van der Waals surface area contributed by atoms with Crippen LogP contribution in [0.2, 0.25) is 0 Å². The van der Waals surface area contributed by atoms with E-state index in [1.807, 2.05) is 48.6 Å². The Bertz CT molecular complexity index is 1740. The van der Waals surface area contributed by atoms with Crippen LogP contribution >= 0.6 is 22.6 Å². The molecule has 5 heterocycles.